The molecule has 2 aromatic rings. The van der Waals surface area contributed by atoms with Gasteiger partial charge in [0.1, 0.15) is 0 Å². The molecule has 1 amide bonds. The number of fused-ring (bicyclic) bond motifs is 1. The van der Waals surface area contributed by atoms with E-state index in [0.717, 1.165) is 35.9 Å². The number of para-hydroxylation sites is 1. The first kappa shape index (κ1) is 13.2. The number of aromatic amines is 1. The molecule has 1 aliphatic heterocycles. The highest BCUT2D eigenvalue weighted by atomic mass is 16.2. The van der Waals surface area contributed by atoms with Gasteiger partial charge in [-0.2, -0.15) is 0 Å². The van der Waals surface area contributed by atoms with Crippen molar-refractivity contribution in [3.05, 3.63) is 36.0 Å². The second-order valence-corrected chi connectivity index (χ2v) is 5.67. The fourth-order valence-corrected chi connectivity index (χ4v) is 3.26. The molecule has 1 fully saturated rings. The van der Waals surface area contributed by atoms with E-state index in [-0.39, 0.29) is 11.9 Å². The maximum absolute atomic E-state index is 12.8. The Morgan fingerprint density at radius 1 is 1.45 bits per heavy atom. The predicted octanol–water partition coefficient (Wildman–Crippen LogP) is 2.37. The Morgan fingerprint density at radius 3 is 3.05 bits per heavy atom. The number of benzene rings is 1. The lowest BCUT2D eigenvalue weighted by molar-refractivity contribution is 0.0534. The lowest BCUT2D eigenvalue weighted by Gasteiger charge is -2.39. The number of rotatable bonds is 2. The minimum absolute atomic E-state index is 0.101. The molecule has 0 bridgehead atoms. The average molecular weight is 271 g/mol. The molecule has 0 spiro atoms. The van der Waals surface area contributed by atoms with Gasteiger partial charge in [-0.25, -0.2) is 0 Å². The van der Waals surface area contributed by atoms with Crippen LogP contribution in [-0.2, 0) is 0 Å². The number of carbonyl (C=O) groups excluding carboxylic acids is 1. The van der Waals surface area contributed by atoms with Crippen LogP contribution in [0.5, 0.6) is 0 Å². The fraction of sp³-hybridized carbons (Fsp3) is 0.438. The summed E-state index contributed by atoms with van der Waals surface area (Å²) in [5.41, 5.74) is 7.65. The molecule has 1 aromatic carbocycles. The van der Waals surface area contributed by atoms with Gasteiger partial charge in [0.2, 0.25) is 0 Å². The van der Waals surface area contributed by atoms with E-state index < -0.39 is 0 Å². The molecule has 2 atom stereocenters. The molecule has 3 N–H and O–H groups in total. The number of nitrogens with zero attached hydrogens (tertiary/aromatic N) is 1. The maximum Gasteiger partial charge on any atom is 0.256 e. The largest absolute Gasteiger partial charge is 0.360 e. The topological polar surface area (TPSA) is 62.1 Å². The molecule has 1 aliphatic rings. The van der Waals surface area contributed by atoms with Crippen molar-refractivity contribution in [3.8, 4) is 0 Å². The summed E-state index contributed by atoms with van der Waals surface area (Å²) in [7, 11) is 0. The van der Waals surface area contributed by atoms with Crippen molar-refractivity contribution in [1.82, 2.24) is 9.88 Å². The number of H-pyrrole nitrogens is 1. The van der Waals surface area contributed by atoms with Crippen LogP contribution in [0.15, 0.2) is 30.5 Å². The normalized spacial score (nSPS) is 23.2. The number of aromatic nitrogens is 1. The van der Waals surface area contributed by atoms with Gasteiger partial charge in [-0.15, -0.1) is 0 Å². The summed E-state index contributed by atoms with van der Waals surface area (Å²) in [5, 5.41) is 0.992. The van der Waals surface area contributed by atoms with Crippen LogP contribution in [0.3, 0.4) is 0 Å². The lowest BCUT2D eigenvalue weighted by Crippen LogP contribution is -2.51. The van der Waals surface area contributed by atoms with Gasteiger partial charge in [-0.3, -0.25) is 4.79 Å². The fourth-order valence-electron chi connectivity index (χ4n) is 3.26. The number of likely N-dealkylation sites (tertiary alicyclic amines) is 1. The second kappa shape index (κ2) is 5.29. The van der Waals surface area contributed by atoms with Crippen LogP contribution in [0.25, 0.3) is 10.9 Å². The Kier molecular flexibility index (Phi) is 3.49. The van der Waals surface area contributed by atoms with E-state index in [1.165, 1.54) is 0 Å². The van der Waals surface area contributed by atoms with Crippen molar-refractivity contribution in [2.75, 3.05) is 13.1 Å². The summed E-state index contributed by atoms with van der Waals surface area (Å²) in [4.78, 5) is 18.0. The zero-order chi connectivity index (χ0) is 14.1. The van der Waals surface area contributed by atoms with Gasteiger partial charge in [0, 0.05) is 36.2 Å². The Morgan fingerprint density at radius 2 is 2.25 bits per heavy atom. The minimum atomic E-state index is 0.101. The van der Waals surface area contributed by atoms with Gasteiger partial charge in [-0.1, -0.05) is 25.1 Å². The van der Waals surface area contributed by atoms with E-state index in [9.17, 15) is 4.79 Å². The van der Waals surface area contributed by atoms with Crippen molar-refractivity contribution in [2.24, 2.45) is 11.7 Å². The molecule has 2 unspecified atom stereocenters. The summed E-state index contributed by atoms with van der Waals surface area (Å²) in [5.74, 6) is 0.576. The van der Waals surface area contributed by atoms with Crippen molar-refractivity contribution >= 4 is 16.8 Å². The zero-order valence-electron chi connectivity index (χ0n) is 11.8. The van der Waals surface area contributed by atoms with Gasteiger partial charge in [0.15, 0.2) is 0 Å². The van der Waals surface area contributed by atoms with Crippen molar-refractivity contribution in [1.29, 1.82) is 0 Å². The van der Waals surface area contributed by atoms with E-state index in [2.05, 4.69) is 11.9 Å². The Labute approximate surface area is 118 Å². The summed E-state index contributed by atoms with van der Waals surface area (Å²) >= 11 is 0. The molecular weight excluding hydrogens is 250 g/mol. The third kappa shape index (κ3) is 2.10. The molecule has 4 nitrogen and oxygen atoms in total. The summed E-state index contributed by atoms with van der Waals surface area (Å²) in [6.07, 6.45) is 4.03. The number of piperidine rings is 1. The Hall–Kier alpha value is -1.81. The van der Waals surface area contributed by atoms with Crippen LogP contribution in [0.2, 0.25) is 0 Å². The number of amides is 1. The van der Waals surface area contributed by atoms with Gasteiger partial charge in [0.25, 0.3) is 5.91 Å². The number of hydrogen-bond acceptors (Lipinski definition) is 2. The van der Waals surface area contributed by atoms with Gasteiger partial charge >= 0.3 is 0 Å². The van der Waals surface area contributed by atoms with Crippen LogP contribution < -0.4 is 5.73 Å². The van der Waals surface area contributed by atoms with E-state index in [0.29, 0.717) is 12.5 Å². The van der Waals surface area contributed by atoms with E-state index in [1.54, 1.807) is 0 Å². The van der Waals surface area contributed by atoms with Crippen molar-refractivity contribution < 1.29 is 4.79 Å². The highest BCUT2D eigenvalue weighted by Crippen LogP contribution is 2.26. The van der Waals surface area contributed by atoms with Crippen LogP contribution in [-0.4, -0.2) is 34.9 Å². The third-order valence-corrected chi connectivity index (χ3v) is 4.44. The van der Waals surface area contributed by atoms with Gasteiger partial charge in [-0.05, 0) is 24.8 Å². The van der Waals surface area contributed by atoms with E-state index in [1.807, 2.05) is 35.4 Å². The minimum Gasteiger partial charge on any atom is -0.360 e. The van der Waals surface area contributed by atoms with E-state index >= 15 is 0 Å². The SMILES string of the molecule is CC1CCCN(C(=O)c2c[nH]c3ccccc23)C1CN. The van der Waals surface area contributed by atoms with Gasteiger partial charge < -0.3 is 15.6 Å². The summed E-state index contributed by atoms with van der Waals surface area (Å²) in [6, 6.07) is 8.07. The first-order chi connectivity index (χ1) is 9.72. The Bertz CT molecular complexity index is 619. The zero-order valence-corrected chi connectivity index (χ0v) is 11.8. The lowest BCUT2D eigenvalue weighted by atomic mass is 9.90. The van der Waals surface area contributed by atoms with Crippen LogP contribution >= 0.6 is 0 Å². The number of carbonyl (C=O) groups is 1. The molecule has 106 valence electrons. The quantitative estimate of drug-likeness (QED) is 0.881. The molecule has 4 heteroatoms. The first-order valence-electron chi connectivity index (χ1n) is 7.29. The van der Waals surface area contributed by atoms with Crippen molar-refractivity contribution in [2.45, 2.75) is 25.8 Å². The monoisotopic (exact) mass is 271 g/mol. The number of nitrogens with two attached hydrogens (primary N) is 1. The molecule has 0 saturated carbocycles. The molecule has 0 aliphatic carbocycles. The highest BCUT2D eigenvalue weighted by Gasteiger charge is 2.32. The predicted molar refractivity (Wildman–Crippen MR) is 80.6 cm³/mol. The van der Waals surface area contributed by atoms with Crippen molar-refractivity contribution in [3.63, 3.8) is 0 Å². The number of hydrogen-bond donors (Lipinski definition) is 2. The molecular formula is C16H21N3O. The second-order valence-electron chi connectivity index (χ2n) is 5.67. The Balaban J connectivity index is 1.95. The summed E-state index contributed by atoms with van der Waals surface area (Å²) in [6.45, 7) is 3.53. The average Bonchev–Trinajstić information content (AvgIpc) is 2.90. The molecule has 2 heterocycles. The molecule has 20 heavy (non-hydrogen) atoms. The molecule has 1 aromatic heterocycles. The first-order valence-corrected chi connectivity index (χ1v) is 7.29. The molecule has 0 radical (unpaired) electrons. The van der Waals surface area contributed by atoms with Crippen LogP contribution in [0.4, 0.5) is 0 Å². The maximum atomic E-state index is 12.8. The van der Waals surface area contributed by atoms with Crippen LogP contribution in [0, 0.1) is 5.92 Å². The molecule has 1 saturated heterocycles. The third-order valence-electron chi connectivity index (χ3n) is 4.44. The highest BCUT2D eigenvalue weighted by molar-refractivity contribution is 6.06. The number of nitrogens with one attached hydrogen (secondary N) is 1. The van der Waals surface area contributed by atoms with E-state index in [4.69, 9.17) is 5.73 Å². The van der Waals surface area contributed by atoms with Gasteiger partial charge in [0.05, 0.1) is 5.56 Å². The summed E-state index contributed by atoms with van der Waals surface area (Å²) < 4.78 is 0. The molecule has 3 rings (SSSR count). The van der Waals surface area contributed by atoms with Crippen LogP contribution in [0.1, 0.15) is 30.1 Å². The smallest absolute Gasteiger partial charge is 0.256 e. The standard InChI is InChI=1S/C16H21N3O/c1-11-5-4-8-19(15(11)9-17)16(20)13-10-18-14-7-3-2-6-12(13)14/h2-3,6-7,10-11,15,18H,4-5,8-9,17H2,1H3.